The van der Waals surface area contributed by atoms with Crippen LogP contribution in [0.25, 0.3) is 0 Å². The van der Waals surface area contributed by atoms with Gasteiger partial charge in [0.25, 0.3) is 0 Å². The standard InChI is InChI=1S/C10H14BrN3O2S/c1-7(9(15)16)13-2-4-14(5-3-13)10-12-8(11)6-17-10/h6-7H,2-5H2,1H3,(H,15,16). The highest BCUT2D eigenvalue weighted by molar-refractivity contribution is 9.10. The maximum atomic E-state index is 10.9. The van der Waals surface area contributed by atoms with E-state index < -0.39 is 12.0 Å². The fourth-order valence-electron chi connectivity index (χ4n) is 1.85. The Morgan fingerprint density at radius 2 is 2.18 bits per heavy atom. The molecule has 1 N–H and O–H groups in total. The molecule has 7 heteroatoms. The Hall–Kier alpha value is -0.660. The van der Waals surface area contributed by atoms with Gasteiger partial charge in [-0.05, 0) is 22.9 Å². The van der Waals surface area contributed by atoms with Crippen molar-refractivity contribution in [1.29, 1.82) is 0 Å². The van der Waals surface area contributed by atoms with E-state index in [1.807, 2.05) is 10.3 Å². The van der Waals surface area contributed by atoms with Crippen LogP contribution in [-0.4, -0.2) is 53.2 Å². The van der Waals surface area contributed by atoms with Crippen LogP contribution in [0, 0.1) is 0 Å². The molecule has 17 heavy (non-hydrogen) atoms. The number of carbonyl (C=O) groups is 1. The second-order valence-corrected chi connectivity index (χ2v) is 5.64. The van der Waals surface area contributed by atoms with Crippen molar-refractivity contribution in [1.82, 2.24) is 9.88 Å². The molecule has 1 aromatic heterocycles. The number of anilines is 1. The minimum atomic E-state index is -0.754. The van der Waals surface area contributed by atoms with E-state index in [9.17, 15) is 4.79 Å². The molecule has 0 spiro atoms. The number of thiazole rings is 1. The van der Waals surface area contributed by atoms with Crippen molar-refractivity contribution in [3.05, 3.63) is 9.98 Å². The Kier molecular flexibility index (Phi) is 4.01. The number of halogens is 1. The molecule has 1 aliphatic rings. The number of piperazine rings is 1. The number of carboxylic acids is 1. The Balaban J connectivity index is 1.92. The first-order valence-electron chi connectivity index (χ1n) is 5.41. The SMILES string of the molecule is CC(C(=O)O)N1CCN(c2nc(Br)cs2)CC1. The number of hydrogen-bond donors (Lipinski definition) is 1. The Labute approximate surface area is 112 Å². The first kappa shape index (κ1) is 12.8. The molecule has 1 saturated heterocycles. The third-order valence-corrected chi connectivity index (χ3v) is 4.56. The summed E-state index contributed by atoms with van der Waals surface area (Å²) in [5.41, 5.74) is 0. The molecule has 94 valence electrons. The van der Waals surface area contributed by atoms with Crippen molar-refractivity contribution in [3.8, 4) is 0 Å². The average molecular weight is 320 g/mol. The van der Waals surface area contributed by atoms with Gasteiger partial charge in [0.05, 0.1) is 0 Å². The summed E-state index contributed by atoms with van der Waals surface area (Å²) in [7, 11) is 0. The Bertz CT molecular complexity index is 404. The molecule has 1 unspecified atom stereocenters. The molecule has 2 heterocycles. The smallest absolute Gasteiger partial charge is 0.320 e. The van der Waals surface area contributed by atoms with Crippen LogP contribution in [-0.2, 0) is 4.79 Å². The van der Waals surface area contributed by atoms with Gasteiger partial charge in [0.2, 0.25) is 0 Å². The zero-order chi connectivity index (χ0) is 12.4. The van der Waals surface area contributed by atoms with Crippen LogP contribution in [0.1, 0.15) is 6.92 Å². The third kappa shape index (κ3) is 2.97. The predicted octanol–water partition coefficient (Wildman–Crippen LogP) is 1.50. The molecule has 0 saturated carbocycles. The van der Waals surface area contributed by atoms with Gasteiger partial charge in [-0.2, -0.15) is 0 Å². The van der Waals surface area contributed by atoms with E-state index >= 15 is 0 Å². The lowest BCUT2D eigenvalue weighted by Crippen LogP contribution is -2.51. The number of aromatic nitrogens is 1. The van der Waals surface area contributed by atoms with Crippen LogP contribution in [0.3, 0.4) is 0 Å². The molecule has 5 nitrogen and oxygen atoms in total. The molecule has 0 amide bonds. The highest BCUT2D eigenvalue weighted by Gasteiger charge is 2.25. The molecule has 0 aliphatic carbocycles. The monoisotopic (exact) mass is 319 g/mol. The van der Waals surface area contributed by atoms with Crippen molar-refractivity contribution in [2.24, 2.45) is 0 Å². The fourth-order valence-corrected chi connectivity index (χ4v) is 3.15. The van der Waals surface area contributed by atoms with Gasteiger partial charge in [-0.25, -0.2) is 4.98 Å². The molecule has 0 aromatic carbocycles. The first-order valence-corrected chi connectivity index (χ1v) is 7.08. The second-order valence-electron chi connectivity index (χ2n) is 3.99. The summed E-state index contributed by atoms with van der Waals surface area (Å²) in [5, 5.41) is 11.9. The van der Waals surface area contributed by atoms with Gasteiger partial charge >= 0.3 is 5.97 Å². The van der Waals surface area contributed by atoms with Gasteiger partial charge < -0.3 is 10.0 Å². The summed E-state index contributed by atoms with van der Waals surface area (Å²) in [6.07, 6.45) is 0. The number of aliphatic carboxylic acids is 1. The number of carboxylic acid groups (broad SMARTS) is 1. The summed E-state index contributed by atoms with van der Waals surface area (Å²) in [5.74, 6) is -0.754. The molecule has 0 bridgehead atoms. The molecular weight excluding hydrogens is 306 g/mol. The Morgan fingerprint density at radius 3 is 2.65 bits per heavy atom. The number of rotatable bonds is 3. The summed E-state index contributed by atoms with van der Waals surface area (Å²) >= 11 is 4.94. The lowest BCUT2D eigenvalue weighted by atomic mass is 10.2. The third-order valence-electron chi connectivity index (χ3n) is 2.95. The van der Waals surface area contributed by atoms with Crippen molar-refractivity contribution < 1.29 is 9.90 Å². The van der Waals surface area contributed by atoms with Crippen molar-refractivity contribution in [2.45, 2.75) is 13.0 Å². The van der Waals surface area contributed by atoms with Crippen LogP contribution in [0.4, 0.5) is 5.13 Å². The fraction of sp³-hybridized carbons (Fsp3) is 0.600. The molecule has 2 rings (SSSR count). The molecular formula is C10H14BrN3O2S. The van der Waals surface area contributed by atoms with Gasteiger partial charge in [-0.15, -0.1) is 11.3 Å². The van der Waals surface area contributed by atoms with E-state index in [2.05, 4.69) is 25.8 Å². The molecule has 1 fully saturated rings. The maximum Gasteiger partial charge on any atom is 0.320 e. The van der Waals surface area contributed by atoms with E-state index in [-0.39, 0.29) is 0 Å². The molecule has 1 atom stereocenters. The van der Waals surface area contributed by atoms with Crippen LogP contribution in [0.5, 0.6) is 0 Å². The second kappa shape index (κ2) is 5.32. The van der Waals surface area contributed by atoms with Gasteiger partial charge in [0.15, 0.2) is 5.13 Å². The molecule has 1 aromatic rings. The summed E-state index contributed by atoms with van der Waals surface area (Å²) in [6, 6.07) is -0.403. The number of hydrogen-bond acceptors (Lipinski definition) is 5. The lowest BCUT2D eigenvalue weighted by Gasteiger charge is -2.36. The largest absolute Gasteiger partial charge is 0.480 e. The van der Waals surface area contributed by atoms with Gasteiger partial charge in [-0.3, -0.25) is 9.69 Å². The first-order chi connectivity index (χ1) is 8.08. The van der Waals surface area contributed by atoms with Crippen LogP contribution < -0.4 is 4.90 Å². The van der Waals surface area contributed by atoms with Crippen molar-refractivity contribution >= 4 is 38.4 Å². The summed E-state index contributed by atoms with van der Waals surface area (Å²) in [6.45, 7) is 4.93. The lowest BCUT2D eigenvalue weighted by molar-refractivity contribution is -0.142. The Morgan fingerprint density at radius 1 is 1.53 bits per heavy atom. The van der Waals surface area contributed by atoms with Gasteiger partial charge in [0, 0.05) is 31.6 Å². The average Bonchev–Trinajstić information content (AvgIpc) is 2.75. The van der Waals surface area contributed by atoms with Crippen molar-refractivity contribution in [2.75, 3.05) is 31.1 Å². The van der Waals surface area contributed by atoms with Crippen LogP contribution in [0.15, 0.2) is 9.98 Å². The predicted molar refractivity (Wildman–Crippen MR) is 70.7 cm³/mol. The highest BCUT2D eigenvalue weighted by atomic mass is 79.9. The van der Waals surface area contributed by atoms with E-state index in [4.69, 9.17) is 5.11 Å². The van der Waals surface area contributed by atoms with Crippen LogP contribution in [0.2, 0.25) is 0 Å². The topological polar surface area (TPSA) is 56.7 Å². The molecule has 1 aliphatic heterocycles. The highest BCUT2D eigenvalue weighted by Crippen LogP contribution is 2.24. The van der Waals surface area contributed by atoms with Gasteiger partial charge in [-0.1, -0.05) is 0 Å². The normalized spacial score (nSPS) is 19.3. The summed E-state index contributed by atoms with van der Waals surface area (Å²) < 4.78 is 0.860. The zero-order valence-corrected chi connectivity index (χ0v) is 11.9. The van der Waals surface area contributed by atoms with E-state index in [1.54, 1.807) is 18.3 Å². The summed E-state index contributed by atoms with van der Waals surface area (Å²) in [4.78, 5) is 19.4. The maximum absolute atomic E-state index is 10.9. The molecule has 0 radical (unpaired) electrons. The quantitative estimate of drug-likeness (QED) is 0.915. The van der Waals surface area contributed by atoms with Crippen molar-refractivity contribution in [3.63, 3.8) is 0 Å². The van der Waals surface area contributed by atoms with Gasteiger partial charge in [0.1, 0.15) is 10.6 Å². The van der Waals surface area contributed by atoms with E-state index in [1.165, 1.54) is 0 Å². The van der Waals surface area contributed by atoms with E-state index in [0.29, 0.717) is 0 Å². The van der Waals surface area contributed by atoms with Crippen LogP contribution >= 0.6 is 27.3 Å². The van der Waals surface area contributed by atoms with E-state index in [0.717, 1.165) is 35.9 Å². The minimum Gasteiger partial charge on any atom is -0.480 e. The minimum absolute atomic E-state index is 0.403. The number of nitrogens with zero attached hydrogens (tertiary/aromatic N) is 3. The zero-order valence-electron chi connectivity index (χ0n) is 9.47.